The summed E-state index contributed by atoms with van der Waals surface area (Å²) in [5.41, 5.74) is 0. The Labute approximate surface area is 87.0 Å². The Balaban J connectivity index is 3.61. The molecule has 6 heteroatoms. The van der Waals surface area contributed by atoms with Gasteiger partial charge < -0.3 is 10.6 Å². The maximum atomic E-state index is 11.2. The minimum atomic E-state index is -0.296. The Kier molecular flexibility index (Phi) is 6.82. The van der Waals surface area contributed by atoms with E-state index in [0.29, 0.717) is 5.88 Å². The van der Waals surface area contributed by atoms with E-state index >= 15 is 0 Å². The van der Waals surface area contributed by atoms with E-state index in [1.807, 2.05) is 0 Å². The number of nitrogens with one attached hydrogen (secondary N) is 2. The van der Waals surface area contributed by atoms with E-state index in [1.54, 1.807) is 13.2 Å². The first kappa shape index (κ1) is 13.0. The van der Waals surface area contributed by atoms with Gasteiger partial charge in [-0.05, 0) is 6.92 Å². The van der Waals surface area contributed by atoms with Crippen LogP contribution in [0.3, 0.4) is 0 Å². The highest BCUT2D eigenvalue weighted by Crippen LogP contribution is 2.07. The predicted molar refractivity (Wildman–Crippen MR) is 54.4 cm³/mol. The normalized spacial score (nSPS) is 11.6. The number of hydrogen-bond donors (Lipinski definition) is 2. The molecule has 0 aromatic rings. The Bertz CT molecular complexity index is 221. The number of amides is 2. The van der Waals surface area contributed by atoms with Gasteiger partial charge in [-0.2, -0.15) is 0 Å². The van der Waals surface area contributed by atoms with Crippen LogP contribution in [0.2, 0.25) is 0 Å². The van der Waals surface area contributed by atoms with Crippen molar-refractivity contribution >= 4 is 29.9 Å². The fraction of sp³-hybridized carbons (Fsp3) is 0.625. The molecule has 2 amide bonds. The molecule has 1 atom stereocenters. The van der Waals surface area contributed by atoms with Crippen molar-refractivity contribution < 1.29 is 14.4 Å². The van der Waals surface area contributed by atoms with Gasteiger partial charge in [-0.25, -0.2) is 0 Å². The van der Waals surface area contributed by atoms with Crippen LogP contribution < -0.4 is 10.6 Å². The van der Waals surface area contributed by atoms with Gasteiger partial charge in [0.05, 0.1) is 17.7 Å². The third kappa shape index (κ3) is 6.47. The van der Waals surface area contributed by atoms with Gasteiger partial charge in [0.1, 0.15) is 0 Å². The summed E-state index contributed by atoms with van der Waals surface area (Å²) < 4.78 is 0. The molecule has 0 spiro atoms. The Morgan fingerprint density at radius 3 is 2.57 bits per heavy atom. The zero-order valence-corrected chi connectivity index (χ0v) is 8.94. The van der Waals surface area contributed by atoms with E-state index in [1.165, 1.54) is 18.7 Å². The van der Waals surface area contributed by atoms with Crippen molar-refractivity contribution in [2.24, 2.45) is 0 Å². The van der Waals surface area contributed by atoms with Gasteiger partial charge in [-0.15, -0.1) is 11.8 Å². The molecule has 0 aliphatic heterocycles. The fourth-order valence-electron chi connectivity index (χ4n) is 0.611. The highest BCUT2D eigenvalue weighted by molar-refractivity contribution is 8.00. The molecule has 0 heterocycles. The van der Waals surface area contributed by atoms with Crippen molar-refractivity contribution in [3.05, 3.63) is 0 Å². The molecule has 5 nitrogen and oxygen atoms in total. The second-order valence-electron chi connectivity index (χ2n) is 2.55. The first-order valence-electron chi connectivity index (χ1n) is 4.06. The molecule has 1 radical (unpaired) electrons. The van der Waals surface area contributed by atoms with Gasteiger partial charge >= 0.3 is 0 Å². The lowest BCUT2D eigenvalue weighted by atomic mass is 10.4. The zero-order chi connectivity index (χ0) is 11.0. The van der Waals surface area contributed by atoms with Crippen LogP contribution in [-0.2, 0) is 14.4 Å². The molecule has 14 heavy (non-hydrogen) atoms. The molecule has 0 aromatic heterocycles. The van der Waals surface area contributed by atoms with E-state index in [-0.39, 0.29) is 23.6 Å². The minimum Gasteiger partial charge on any atom is -0.348 e. The topological polar surface area (TPSA) is 75.3 Å². The SMILES string of the molecule is CC(=O)NCS[C@@H](C)C(=O)NC[C]=O. The molecule has 0 saturated carbocycles. The summed E-state index contributed by atoms with van der Waals surface area (Å²) in [6, 6.07) is 0. The number of thioether (sulfide) groups is 1. The van der Waals surface area contributed by atoms with Crippen LogP contribution in [-0.4, -0.2) is 35.8 Å². The Hall–Kier alpha value is -1.04. The minimum absolute atomic E-state index is 0.0934. The largest absolute Gasteiger partial charge is 0.348 e. The van der Waals surface area contributed by atoms with Crippen LogP contribution >= 0.6 is 11.8 Å². The average Bonchev–Trinajstić information content (AvgIpc) is 2.13. The third-order valence-electron chi connectivity index (χ3n) is 1.36. The lowest BCUT2D eigenvalue weighted by Crippen LogP contribution is -2.33. The van der Waals surface area contributed by atoms with Crippen LogP contribution in [0.4, 0.5) is 0 Å². The second-order valence-corrected chi connectivity index (χ2v) is 3.88. The number of rotatable bonds is 6. The number of carbonyl (C=O) groups excluding carboxylic acids is 3. The smallest absolute Gasteiger partial charge is 0.233 e. The first-order chi connectivity index (χ1) is 6.57. The highest BCUT2D eigenvalue weighted by Gasteiger charge is 2.12. The van der Waals surface area contributed by atoms with E-state index in [2.05, 4.69) is 10.6 Å². The summed E-state index contributed by atoms with van der Waals surface area (Å²) in [5.74, 6) is 0.0179. The molecule has 2 N–H and O–H groups in total. The first-order valence-corrected chi connectivity index (χ1v) is 5.11. The third-order valence-corrected chi connectivity index (χ3v) is 2.38. The van der Waals surface area contributed by atoms with Crippen molar-refractivity contribution in [2.75, 3.05) is 12.4 Å². The van der Waals surface area contributed by atoms with Gasteiger partial charge in [0.15, 0.2) is 0 Å². The summed E-state index contributed by atoms with van der Waals surface area (Å²) in [4.78, 5) is 31.5. The molecule has 79 valence electrons. The quantitative estimate of drug-likeness (QED) is 0.584. The van der Waals surface area contributed by atoms with Gasteiger partial charge in [0, 0.05) is 6.92 Å². The monoisotopic (exact) mass is 217 g/mol. The fourth-order valence-corrected chi connectivity index (χ4v) is 1.38. The molecular formula is C8H13N2O3S. The maximum Gasteiger partial charge on any atom is 0.233 e. The second kappa shape index (κ2) is 7.37. The highest BCUT2D eigenvalue weighted by atomic mass is 32.2. The molecule has 0 aliphatic carbocycles. The van der Waals surface area contributed by atoms with Crippen molar-refractivity contribution in [1.29, 1.82) is 0 Å². The zero-order valence-electron chi connectivity index (χ0n) is 8.12. The van der Waals surface area contributed by atoms with Crippen LogP contribution in [0.15, 0.2) is 0 Å². The average molecular weight is 217 g/mol. The Morgan fingerprint density at radius 1 is 1.43 bits per heavy atom. The lowest BCUT2D eigenvalue weighted by molar-refractivity contribution is -0.120. The molecule has 0 fully saturated rings. The van der Waals surface area contributed by atoms with Gasteiger partial charge in [-0.1, -0.05) is 0 Å². The standard InChI is InChI=1S/C8H13N2O3S/c1-6(8(13)9-3-4-11)14-5-10-7(2)12/h6H,3,5H2,1-2H3,(H,9,13)(H,10,12)/t6-/m0/s1. The maximum absolute atomic E-state index is 11.2. The molecule has 0 aliphatic rings. The van der Waals surface area contributed by atoms with Crippen LogP contribution in [0.25, 0.3) is 0 Å². The van der Waals surface area contributed by atoms with Crippen LogP contribution in [0.5, 0.6) is 0 Å². The van der Waals surface area contributed by atoms with Crippen molar-refractivity contribution in [2.45, 2.75) is 19.1 Å². The molecular weight excluding hydrogens is 204 g/mol. The van der Waals surface area contributed by atoms with Crippen molar-refractivity contribution in [3.63, 3.8) is 0 Å². The van der Waals surface area contributed by atoms with Crippen molar-refractivity contribution in [3.8, 4) is 0 Å². The summed E-state index contributed by atoms with van der Waals surface area (Å²) in [7, 11) is 0. The van der Waals surface area contributed by atoms with E-state index in [9.17, 15) is 14.4 Å². The summed E-state index contributed by atoms with van der Waals surface area (Å²) in [6.45, 7) is 3.02. The molecule has 0 bridgehead atoms. The molecule has 0 rings (SSSR count). The predicted octanol–water partition coefficient (Wildman–Crippen LogP) is -0.572. The van der Waals surface area contributed by atoms with Gasteiger partial charge in [-0.3, -0.25) is 14.4 Å². The molecule has 0 saturated heterocycles. The van der Waals surface area contributed by atoms with Crippen LogP contribution in [0, 0.1) is 0 Å². The molecule has 0 unspecified atom stereocenters. The van der Waals surface area contributed by atoms with Crippen molar-refractivity contribution in [1.82, 2.24) is 10.6 Å². The van der Waals surface area contributed by atoms with Gasteiger partial charge in [0.2, 0.25) is 18.1 Å². The van der Waals surface area contributed by atoms with E-state index in [4.69, 9.17) is 0 Å². The van der Waals surface area contributed by atoms with E-state index < -0.39 is 0 Å². The van der Waals surface area contributed by atoms with Crippen LogP contribution in [0.1, 0.15) is 13.8 Å². The summed E-state index contributed by atoms with van der Waals surface area (Å²) in [5, 5.41) is 4.63. The number of carbonyl (C=O) groups is 2. The van der Waals surface area contributed by atoms with Gasteiger partial charge in [0.25, 0.3) is 0 Å². The number of hydrogen-bond acceptors (Lipinski definition) is 4. The summed E-state index contributed by atoms with van der Waals surface area (Å²) in [6.07, 6.45) is 1.57. The lowest BCUT2D eigenvalue weighted by Gasteiger charge is -2.10. The summed E-state index contributed by atoms with van der Waals surface area (Å²) >= 11 is 1.29. The molecule has 0 aromatic carbocycles. The Morgan fingerprint density at radius 2 is 2.07 bits per heavy atom. The van der Waals surface area contributed by atoms with E-state index in [0.717, 1.165) is 0 Å².